The standard InChI is InChI=1S/C68H52/c1-5-15-53(16-6-1)47-55-34-40-63(41-35-55)67(59-19-9-3-10-20-59)49-57-29-25-51(26-30-57)33-39-62-45-44-61-23-13-14-24-65(61)66(62)46-38-52-27-31-58(32-28-52)50-68(60-21-11-4-12-22-60)64-42-36-56(37-43-64)48-54-17-7-2-8-18-54/h1-46,49-50H,47-48H2/b39-33-,46-38-,67-49-,68-50-. The highest BCUT2D eigenvalue weighted by Gasteiger charge is 2.09. The summed E-state index contributed by atoms with van der Waals surface area (Å²) in [7, 11) is 0. The Morgan fingerprint density at radius 3 is 1.10 bits per heavy atom. The Hall–Kier alpha value is -8.58. The Kier molecular flexibility index (Phi) is 13.5. The van der Waals surface area contributed by atoms with Crippen molar-refractivity contribution in [3.8, 4) is 0 Å². The fourth-order valence-corrected chi connectivity index (χ4v) is 8.92. The van der Waals surface area contributed by atoms with Gasteiger partial charge in [0.05, 0.1) is 0 Å². The van der Waals surface area contributed by atoms with Gasteiger partial charge < -0.3 is 0 Å². The molecule has 0 atom stereocenters. The first-order valence-electron chi connectivity index (χ1n) is 23.6. The smallest absolute Gasteiger partial charge is 0.00258 e. The lowest BCUT2D eigenvalue weighted by Crippen LogP contribution is -1.91. The molecular weight excluding hydrogens is 817 g/mol. The molecule has 0 N–H and O–H groups in total. The van der Waals surface area contributed by atoms with Crippen molar-refractivity contribution in [1.29, 1.82) is 0 Å². The number of fused-ring (bicyclic) bond motifs is 1. The van der Waals surface area contributed by atoms with Gasteiger partial charge in [0.2, 0.25) is 0 Å². The van der Waals surface area contributed by atoms with Crippen LogP contribution in [0.2, 0.25) is 0 Å². The highest BCUT2D eigenvalue weighted by molar-refractivity contribution is 5.98. The van der Waals surface area contributed by atoms with E-state index in [0.29, 0.717) is 0 Å². The van der Waals surface area contributed by atoms with Crippen LogP contribution in [0, 0.1) is 0 Å². The molecule has 0 aromatic heterocycles. The largest absolute Gasteiger partial charge is 0.0622 e. The van der Waals surface area contributed by atoms with Crippen molar-refractivity contribution in [3.63, 3.8) is 0 Å². The third kappa shape index (κ3) is 10.9. The van der Waals surface area contributed by atoms with Gasteiger partial charge >= 0.3 is 0 Å². The van der Waals surface area contributed by atoms with Crippen LogP contribution in [0.5, 0.6) is 0 Å². The summed E-state index contributed by atoms with van der Waals surface area (Å²) >= 11 is 0. The lowest BCUT2D eigenvalue weighted by Gasteiger charge is -2.11. The summed E-state index contributed by atoms with van der Waals surface area (Å²) in [5.74, 6) is 0. The molecule has 68 heavy (non-hydrogen) atoms. The molecule has 0 unspecified atom stereocenters. The van der Waals surface area contributed by atoms with Gasteiger partial charge in [-0.05, 0) is 125 Å². The molecule has 0 nitrogen and oxygen atoms in total. The average Bonchev–Trinajstić information content (AvgIpc) is 3.41. The highest BCUT2D eigenvalue weighted by atomic mass is 14.1. The Morgan fingerprint density at radius 1 is 0.265 bits per heavy atom. The van der Waals surface area contributed by atoms with Crippen molar-refractivity contribution in [2.45, 2.75) is 12.8 Å². The maximum atomic E-state index is 2.30. The zero-order chi connectivity index (χ0) is 45.7. The zero-order valence-electron chi connectivity index (χ0n) is 38.1. The van der Waals surface area contributed by atoms with Crippen molar-refractivity contribution in [2.75, 3.05) is 0 Å². The van der Waals surface area contributed by atoms with Crippen LogP contribution in [-0.2, 0) is 12.8 Å². The number of benzene rings is 10. The van der Waals surface area contributed by atoms with Crippen molar-refractivity contribution in [2.24, 2.45) is 0 Å². The molecule has 0 amide bonds. The monoisotopic (exact) mass is 868 g/mol. The van der Waals surface area contributed by atoms with Gasteiger partial charge in [-0.15, -0.1) is 0 Å². The van der Waals surface area contributed by atoms with Crippen molar-refractivity contribution >= 4 is 58.4 Å². The minimum atomic E-state index is 0.924. The molecule has 0 spiro atoms. The van der Waals surface area contributed by atoms with Crippen LogP contribution >= 0.6 is 0 Å². The van der Waals surface area contributed by atoms with E-state index < -0.39 is 0 Å². The number of rotatable bonds is 14. The van der Waals surface area contributed by atoms with Crippen molar-refractivity contribution < 1.29 is 0 Å². The van der Waals surface area contributed by atoms with Gasteiger partial charge in [0.25, 0.3) is 0 Å². The highest BCUT2D eigenvalue weighted by Crippen LogP contribution is 2.31. The molecule has 0 bridgehead atoms. The second kappa shape index (κ2) is 21.2. The molecule has 0 aliphatic carbocycles. The number of hydrogen-bond donors (Lipinski definition) is 0. The van der Waals surface area contributed by atoms with E-state index in [2.05, 4.69) is 291 Å². The van der Waals surface area contributed by atoms with Crippen LogP contribution in [0.25, 0.3) is 58.4 Å². The van der Waals surface area contributed by atoms with E-state index in [1.165, 1.54) is 77.6 Å². The molecule has 10 aromatic carbocycles. The van der Waals surface area contributed by atoms with Crippen LogP contribution in [0.1, 0.15) is 77.9 Å². The van der Waals surface area contributed by atoms with Crippen molar-refractivity contribution in [1.82, 2.24) is 0 Å². The summed E-state index contributed by atoms with van der Waals surface area (Å²) < 4.78 is 0. The molecule has 0 aliphatic heterocycles. The van der Waals surface area contributed by atoms with Gasteiger partial charge in [0.1, 0.15) is 0 Å². The Bertz CT molecular complexity index is 3340. The van der Waals surface area contributed by atoms with Crippen LogP contribution in [0.3, 0.4) is 0 Å². The van der Waals surface area contributed by atoms with Gasteiger partial charge in [-0.3, -0.25) is 0 Å². The molecule has 324 valence electrons. The Balaban J connectivity index is 0.880. The maximum Gasteiger partial charge on any atom is -0.00258 e. The molecule has 0 saturated carbocycles. The summed E-state index contributed by atoms with van der Waals surface area (Å²) in [6.07, 6.45) is 15.4. The lowest BCUT2D eigenvalue weighted by atomic mass is 9.93. The fourth-order valence-electron chi connectivity index (χ4n) is 8.92. The molecule has 0 radical (unpaired) electrons. The first-order valence-corrected chi connectivity index (χ1v) is 23.6. The summed E-state index contributed by atoms with van der Waals surface area (Å²) in [6.45, 7) is 0. The molecule has 0 aliphatic rings. The fraction of sp³-hybridized carbons (Fsp3) is 0.0294. The molecule has 0 fully saturated rings. The summed E-state index contributed by atoms with van der Waals surface area (Å²) in [4.78, 5) is 0. The Morgan fingerprint density at radius 2 is 0.632 bits per heavy atom. The van der Waals surface area contributed by atoms with Gasteiger partial charge in [-0.1, -0.05) is 279 Å². The van der Waals surface area contributed by atoms with E-state index in [9.17, 15) is 0 Å². The predicted octanol–water partition coefficient (Wildman–Crippen LogP) is 17.5. The predicted molar refractivity (Wildman–Crippen MR) is 293 cm³/mol. The SMILES string of the molecule is C(=C/c1ccc2ccccc2c1/C=C\c1ccc(/C=C(/c2ccccc2)c2ccc(Cc3ccccc3)cc2)cc1)/c1ccc(/C=C(/c2ccccc2)c2ccc(Cc3ccccc3)cc2)cc1. The van der Waals surface area contributed by atoms with Gasteiger partial charge in [0, 0.05) is 0 Å². The van der Waals surface area contributed by atoms with Crippen molar-refractivity contribution in [3.05, 3.63) is 333 Å². The third-order valence-corrected chi connectivity index (χ3v) is 12.6. The van der Waals surface area contributed by atoms with Crippen LogP contribution in [0.15, 0.2) is 255 Å². The van der Waals surface area contributed by atoms with E-state index in [1.54, 1.807) is 0 Å². The lowest BCUT2D eigenvalue weighted by molar-refractivity contribution is 1.19. The summed E-state index contributed by atoms with van der Waals surface area (Å²) in [6, 6.07) is 91.6. The first-order chi connectivity index (χ1) is 33.7. The molecule has 0 heteroatoms. The quantitative estimate of drug-likeness (QED) is 0.0955. The van der Waals surface area contributed by atoms with E-state index >= 15 is 0 Å². The first kappa shape index (κ1) is 43.3. The van der Waals surface area contributed by atoms with Crippen LogP contribution in [-0.4, -0.2) is 0 Å². The minimum absolute atomic E-state index is 0.924. The number of hydrogen-bond acceptors (Lipinski definition) is 0. The van der Waals surface area contributed by atoms with E-state index in [-0.39, 0.29) is 0 Å². The molecule has 0 heterocycles. The van der Waals surface area contributed by atoms with Gasteiger partial charge in [-0.2, -0.15) is 0 Å². The third-order valence-electron chi connectivity index (χ3n) is 12.6. The molecule has 10 rings (SSSR count). The second-order valence-electron chi connectivity index (χ2n) is 17.4. The van der Waals surface area contributed by atoms with E-state index in [4.69, 9.17) is 0 Å². The van der Waals surface area contributed by atoms with Crippen LogP contribution in [0.4, 0.5) is 0 Å². The minimum Gasteiger partial charge on any atom is -0.0622 e. The topological polar surface area (TPSA) is 0 Å². The molecular formula is C68H52. The normalized spacial score (nSPS) is 12.0. The summed E-state index contributed by atoms with van der Waals surface area (Å²) in [5.41, 5.74) is 19.5. The molecule has 0 saturated heterocycles. The van der Waals surface area contributed by atoms with E-state index in [1.807, 2.05) is 0 Å². The van der Waals surface area contributed by atoms with Crippen LogP contribution < -0.4 is 0 Å². The Labute approximate surface area is 401 Å². The second-order valence-corrected chi connectivity index (χ2v) is 17.4. The van der Waals surface area contributed by atoms with E-state index in [0.717, 1.165) is 35.1 Å². The van der Waals surface area contributed by atoms with Gasteiger partial charge in [-0.25, -0.2) is 0 Å². The zero-order valence-corrected chi connectivity index (χ0v) is 38.1. The maximum absolute atomic E-state index is 2.30. The van der Waals surface area contributed by atoms with Gasteiger partial charge in [0.15, 0.2) is 0 Å². The average molecular weight is 869 g/mol. The summed E-state index contributed by atoms with van der Waals surface area (Å²) in [5, 5.41) is 2.46. The molecule has 10 aromatic rings.